The van der Waals surface area contributed by atoms with Crippen LogP contribution >= 0.6 is 0 Å². The van der Waals surface area contributed by atoms with Crippen LogP contribution in [0.25, 0.3) is 44.2 Å². The Labute approximate surface area is 445 Å². The first kappa shape index (κ1) is 51.4. The van der Waals surface area contributed by atoms with Gasteiger partial charge in [-0.3, -0.25) is 24.2 Å². The minimum atomic E-state index is -0.768. The third-order valence-corrected chi connectivity index (χ3v) is 15.9. The highest BCUT2D eigenvalue weighted by molar-refractivity contribution is 6.03. The van der Waals surface area contributed by atoms with E-state index in [9.17, 15) is 14.7 Å². The number of benzene rings is 3. The highest BCUT2D eigenvalue weighted by Crippen LogP contribution is 2.40. The Hall–Kier alpha value is -7.69. The first-order valence-corrected chi connectivity index (χ1v) is 26.7. The third kappa shape index (κ3) is 10.5. The summed E-state index contributed by atoms with van der Waals surface area (Å²) >= 11 is 0. The van der Waals surface area contributed by atoms with Gasteiger partial charge in [-0.15, -0.1) is 6.42 Å². The van der Waals surface area contributed by atoms with Crippen molar-refractivity contribution >= 4 is 39.3 Å². The molecule has 4 fully saturated rings. The first-order valence-electron chi connectivity index (χ1n) is 26.7. The molecule has 8 heterocycles. The number of aromatic nitrogens is 6. The number of fused-ring (bicyclic) bond motifs is 4. The number of rotatable bonds is 16. The van der Waals surface area contributed by atoms with Crippen LogP contribution in [0.15, 0.2) is 77.6 Å². The number of nitrogens with one attached hydrogen (secondary N) is 2. The molecule has 4 saturated heterocycles. The Morgan fingerprint density at radius 1 is 0.961 bits per heavy atom. The number of nitrogens with zero attached hydrogens (tertiary/aromatic N) is 9. The second-order valence-electron chi connectivity index (χ2n) is 21.3. The number of halogens is 2. The summed E-state index contributed by atoms with van der Waals surface area (Å²) in [5, 5.41) is 27.0. The molecule has 77 heavy (non-hydrogen) atoms. The van der Waals surface area contributed by atoms with Crippen molar-refractivity contribution in [3.05, 3.63) is 102 Å². The number of pyridine rings is 1. The summed E-state index contributed by atoms with van der Waals surface area (Å²) in [5.41, 5.74) is 2.93. The molecule has 7 aromatic rings. The summed E-state index contributed by atoms with van der Waals surface area (Å²) in [6.07, 6.45) is 14.1. The lowest BCUT2D eigenvalue weighted by Crippen LogP contribution is -2.51. The van der Waals surface area contributed by atoms with Gasteiger partial charge in [0.1, 0.15) is 47.2 Å². The number of anilines is 1. The van der Waals surface area contributed by atoms with E-state index in [0.717, 1.165) is 62.0 Å². The third-order valence-electron chi connectivity index (χ3n) is 15.9. The fraction of sp³-hybridized carbons (Fsp3) is 0.431. The molecule has 4 aromatic heterocycles. The second-order valence-corrected chi connectivity index (χ2v) is 21.3. The molecule has 17 nitrogen and oxygen atoms in total. The number of piperazine rings is 1. The summed E-state index contributed by atoms with van der Waals surface area (Å²) in [4.78, 5) is 48.2. The molecular weight excluding hydrogens is 985 g/mol. The average molecular weight is 1050 g/mol. The van der Waals surface area contributed by atoms with Crippen molar-refractivity contribution in [1.29, 1.82) is 0 Å². The minimum Gasteiger partial charge on any atom is -0.508 e. The second kappa shape index (κ2) is 21.7. The number of likely N-dealkylation sites (tertiary alicyclic amines) is 2. The molecule has 5 unspecified atom stereocenters. The van der Waals surface area contributed by atoms with Gasteiger partial charge in [-0.2, -0.15) is 15.1 Å². The smallest absolute Gasteiger partial charge is 0.319 e. The molecule has 19 heteroatoms. The minimum absolute atomic E-state index is 0.00595. The van der Waals surface area contributed by atoms with Gasteiger partial charge in [0, 0.05) is 74.7 Å². The molecule has 2 bridgehead atoms. The number of carbonyl (C=O) groups excluding carboxylic acids is 2. The Morgan fingerprint density at radius 3 is 2.47 bits per heavy atom. The van der Waals surface area contributed by atoms with Crippen molar-refractivity contribution in [3.63, 3.8) is 0 Å². The number of terminal acetylenes is 1. The van der Waals surface area contributed by atoms with Crippen molar-refractivity contribution in [2.24, 2.45) is 18.9 Å². The van der Waals surface area contributed by atoms with Crippen LogP contribution in [-0.2, 0) is 16.6 Å². The Kier molecular flexibility index (Phi) is 14.5. The molecule has 0 spiro atoms. The van der Waals surface area contributed by atoms with Gasteiger partial charge in [0.2, 0.25) is 11.8 Å². The Bertz CT molecular complexity index is 3360. The van der Waals surface area contributed by atoms with Crippen LogP contribution in [0.1, 0.15) is 88.1 Å². The van der Waals surface area contributed by atoms with Crippen LogP contribution in [-0.4, -0.2) is 127 Å². The fourth-order valence-corrected chi connectivity index (χ4v) is 11.8. The number of hydrogen-bond donors (Lipinski definition) is 3. The van der Waals surface area contributed by atoms with E-state index in [1.807, 2.05) is 62.8 Å². The zero-order valence-corrected chi connectivity index (χ0v) is 43.7. The maximum absolute atomic E-state index is 17.1. The predicted molar refractivity (Wildman–Crippen MR) is 286 cm³/mol. The molecule has 11 rings (SSSR count). The highest BCUT2D eigenvalue weighted by atomic mass is 19.1. The first-order chi connectivity index (χ1) is 37.3. The molecule has 3 aromatic carbocycles. The lowest BCUT2D eigenvalue weighted by molar-refractivity contribution is -0.141. The molecule has 0 radical (unpaired) electrons. The van der Waals surface area contributed by atoms with Gasteiger partial charge in [0.15, 0.2) is 11.6 Å². The van der Waals surface area contributed by atoms with Crippen LogP contribution < -0.4 is 25.0 Å². The summed E-state index contributed by atoms with van der Waals surface area (Å²) in [7, 11) is 1.90. The normalized spacial score (nSPS) is 19.7. The zero-order valence-electron chi connectivity index (χ0n) is 43.7. The molecule has 2 amide bonds. The number of aromatic hydroxyl groups is 1. The average Bonchev–Trinajstić information content (AvgIpc) is 4.35. The van der Waals surface area contributed by atoms with E-state index in [1.54, 1.807) is 17.2 Å². The van der Waals surface area contributed by atoms with E-state index in [2.05, 4.69) is 46.6 Å². The fourth-order valence-electron chi connectivity index (χ4n) is 11.8. The standard InChI is InChI=1S/C58H63F2N11O6/c1-6-42-45(59)16-13-38-26-41(72)27-43(51(38)42)53-52(60)54-44(29-61-53)55(70-30-39-14-15-40(31-70)64-39)66-58(65-54)75-25-24-69-22-18-35(19-23-69)32-76-49-28-48(77-67-49)50(33(2)3)57(74)71-21-7-8-47(71)56(73)63-34(4)36-9-11-37(12-10-36)46-17-20-62-68(46)5/h1,9-13,16-17,20,26-29,33-35,39-40,47,50,64,72H,7-8,14-15,18-19,21-25,30-32H2,2-5H3,(H,63,73). The number of carbonyl (C=O) groups is 2. The van der Waals surface area contributed by atoms with Gasteiger partial charge in [-0.05, 0) is 116 Å². The predicted octanol–water partition coefficient (Wildman–Crippen LogP) is 7.92. The molecule has 400 valence electrons. The molecule has 3 N–H and O–H groups in total. The SMILES string of the molecule is C#Cc1c(F)ccc2cc(O)cc(-c3ncc4c(N5CC6CCC(C5)N6)nc(OCCN5CCC(COc6cc(C(C(=O)N7CCCC7C(=O)NC(C)c7ccc(-c8ccnn8C)cc7)C(C)C)on6)CC5)nc4c3F)c12. The van der Waals surface area contributed by atoms with E-state index >= 15 is 8.78 Å². The lowest BCUT2D eigenvalue weighted by Gasteiger charge is -2.34. The van der Waals surface area contributed by atoms with Crippen molar-refractivity contribution in [2.45, 2.75) is 89.4 Å². The Morgan fingerprint density at radius 2 is 1.74 bits per heavy atom. The number of hydrogen-bond acceptors (Lipinski definition) is 14. The highest BCUT2D eigenvalue weighted by Gasteiger charge is 2.41. The molecule has 4 aliphatic heterocycles. The maximum atomic E-state index is 17.1. The molecular formula is C58H63F2N11O6. The summed E-state index contributed by atoms with van der Waals surface area (Å²) in [6, 6.07) is 16.9. The quantitative estimate of drug-likeness (QED) is 0.0792. The number of amides is 2. The molecule has 5 atom stereocenters. The van der Waals surface area contributed by atoms with E-state index in [4.69, 9.17) is 25.4 Å². The summed E-state index contributed by atoms with van der Waals surface area (Å²) < 4.78 is 52.1. The van der Waals surface area contributed by atoms with Crippen molar-refractivity contribution in [3.8, 4) is 52.5 Å². The monoisotopic (exact) mass is 1050 g/mol. The van der Waals surface area contributed by atoms with Crippen molar-refractivity contribution in [1.82, 2.24) is 50.3 Å². The van der Waals surface area contributed by atoms with Crippen LogP contribution in [0.5, 0.6) is 17.6 Å². The number of ether oxygens (including phenoxy) is 2. The van der Waals surface area contributed by atoms with Crippen LogP contribution in [0.2, 0.25) is 0 Å². The molecule has 4 aliphatic rings. The van der Waals surface area contributed by atoms with E-state index in [-0.39, 0.29) is 87.9 Å². The van der Waals surface area contributed by atoms with Gasteiger partial charge in [0.05, 0.1) is 29.3 Å². The van der Waals surface area contributed by atoms with Gasteiger partial charge >= 0.3 is 6.01 Å². The Balaban J connectivity index is 0.701. The number of aryl methyl sites for hydroxylation is 1. The van der Waals surface area contributed by atoms with Gasteiger partial charge in [-0.1, -0.05) is 50.1 Å². The summed E-state index contributed by atoms with van der Waals surface area (Å²) in [6.45, 7) is 10.6. The number of phenolic OH excluding ortho intramolecular Hbond substituents is 1. The van der Waals surface area contributed by atoms with Crippen molar-refractivity contribution in [2.75, 3.05) is 57.4 Å². The maximum Gasteiger partial charge on any atom is 0.319 e. The van der Waals surface area contributed by atoms with E-state index < -0.39 is 23.6 Å². The number of phenols is 1. The van der Waals surface area contributed by atoms with Crippen LogP contribution in [0, 0.1) is 35.8 Å². The van der Waals surface area contributed by atoms with Crippen molar-refractivity contribution < 1.29 is 37.5 Å². The van der Waals surface area contributed by atoms with Crippen LogP contribution in [0.3, 0.4) is 0 Å². The number of piperidine rings is 1. The van der Waals surface area contributed by atoms with E-state index in [0.29, 0.717) is 67.4 Å². The topological polar surface area (TPSA) is 189 Å². The van der Waals surface area contributed by atoms with Gasteiger partial charge in [0.25, 0.3) is 5.88 Å². The summed E-state index contributed by atoms with van der Waals surface area (Å²) in [5.74, 6) is 1.21. The molecule has 0 aliphatic carbocycles. The van der Waals surface area contributed by atoms with Gasteiger partial charge in [-0.25, -0.2) is 8.78 Å². The van der Waals surface area contributed by atoms with Gasteiger partial charge < -0.3 is 39.5 Å². The van der Waals surface area contributed by atoms with Crippen LogP contribution in [0.4, 0.5) is 14.6 Å². The molecule has 0 saturated carbocycles. The van der Waals surface area contributed by atoms with E-state index in [1.165, 1.54) is 30.5 Å². The lowest BCUT2D eigenvalue weighted by atomic mass is 9.91. The largest absolute Gasteiger partial charge is 0.508 e. The zero-order chi connectivity index (χ0) is 53.5.